The molecule has 0 rings (SSSR count). The molecule has 0 fully saturated rings. The quantitative estimate of drug-likeness (QED) is 0.0757. The molecule has 4 heteroatoms. The first-order chi connectivity index (χ1) is 14.9. The van der Waals surface area contributed by atoms with Crippen LogP contribution in [0.15, 0.2) is 0 Å². The molecule has 0 N–H and O–H groups in total. The molecule has 0 radical (unpaired) electrons. The summed E-state index contributed by atoms with van der Waals surface area (Å²) in [6.07, 6.45) is 25.8. The van der Waals surface area contributed by atoms with Crippen molar-refractivity contribution in [3.8, 4) is 0 Å². The zero-order valence-electron chi connectivity index (χ0n) is 21.7. The Bertz CT molecular complexity index is 393. The van der Waals surface area contributed by atoms with E-state index in [-0.39, 0.29) is 5.97 Å². The van der Waals surface area contributed by atoms with Crippen LogP contribution in [0, 0.1) is 0 Å². The third-order valence-corrected chi connectivity index (χ3v) is 16.0. The van der Waals surface area contributed by atoms with Crippen LogP contribution in [0.3, 0.4) is 0 Å². The van der Waals surface area contributed by atoms with Gasteiger partial charge in [0.1, 0.15) is 0 Å². The van der Waals surface area contributed by atoms with Crippen LogP contribution in [-0.4, -0.2) is 37.2 Å². The molecule has 0 atom stereocenters. The van der Waals surface area contributed by atoms with Crippen molar-refractivity contribution in [2.75, 3.05) is 31.3 Å². The van der Waals surface area contributed by atoms with Gasteiger partial charge in [-0.3, -0.25) is 0 Å². The van der Waals surface area contributed by atoms with E-state index in [9.17, 15) is 4.79 Å². The summed E-state index contributed by atoms with van der Waals surface area (Å²) in [7, 11) is 0. The fourth-order valence-corrected chi connectivity index (χ4v) is 12.4. The number of ether oxygens (including phenoxy) is 1. The van der Waals surface area contributed by atoms with Crippen molar-refractivity contribution in [3.63, 3.8) is 0 Å². The molecule has 0 saturated heterocycles. The van der Waals surface area contributed by atoms with E-state index >= 15 is 0 Å². The average Bonchev–Trinajstić information content (AvgIpc) is 2.75. The van der Waals surface area contributed by atoms with Crippen LogP contribution in [-0.2, 0) is 9.53 Å². The summed E-state index contributed by atoms with van der Waals surface area (Å²) in [4.78, 5) is 13.0. The number of carbonyl (C=O) groups is 1. The van der Waals surface area contributed by atoms with Crippen molar-refractivity contribution in [3.05, 3.63) is 0 Å². The summed E-state index contributed by atoms with van der Waals surface area (Å²) >= 11 is 4.42. The van der Waals surface area contributed by atoms with E-state index < -0.39 is 5.31 Å². The van der Waals surface area contributed by atoms with E-state index in [4.69, 9.17) is 4.74 Å². The van der Waals surface area contributed by atoms with Gasteiger partial charge in [-0.1, -0.05) is 0 Å². The van der Waals surface area contributed by atoms with Gasteiger partial charge in [0, 0.05) is 0 Å². The van der Waals surface area contributed by atoms with Gasteiger partial charge in [-0.25, -0.2) is 0 Å². The molecule has 0 aliphatic heterocycles. The maximum absolute atomic E-state index is 13.0. The van der Waals surface area contributed by atoms with Crippen molar-refractivity contribution in [1.82, 2.24) is 0 Å². The van der Waals surface area contributed by atoms with Crippen molar-refractivity contribution in [2.24, 2.45) is 0 Å². The maximum atomic E-state index is 13.0. The Labute approximate surface area is 204 Å². The summed E-state index contributed by atoms with van der Waals surface area (Å²) in [5, 5.41) is -2.25. The SMILES string of the molecule is CCCCCCCOC(=O)CP(Br)(CCCCCC)(CCCCCC)CCCCCC. The Morgan fingerprint density at radius 3 is 1.32 bits per heavy atom. The first-order valence-corrected chi connectivity index (χ1v) is 18.8. The molecule has 0 saturated carbocycles. The predicted octanol–water partition coefficient (Wildman–Crippen LogP) is 10.1. The molecule has 0 heterocycles. The van der Waals surface area contributed by atoms with Crippen molar-refractivity contribution < 1.29 is 9.53 Å². The topological polar surface area (TPSA) is 26.3 Å². The van der Waals surface area contributed by atoms with Crippen LogP contribution in [0.1, 0.15) is 137 Å². The molecule has 0 aliphatic rings. The van der Waals surface area contributed by atoms with Gasteiger partial charge in [-0.15, -0.1) is 0 Å². The fourth-order valence-electron chi connectivity index (χ4n) is 4.63. The van der Waals surface area contributed by atoms with Gasteiger partial charge in [0.05, 0.1) is 0 Å². The van der Waals surface area contributed by atoms with Crippen LogP contribution in [0.5, 0.6) is 0 Å². The van der Waals surface area contributed by atoms with Crippen LogP contribution in [0.2, 0.25) is 0 Å². The summed E-state index contributed by atoms with van der Waals surface area (Å²) in [5.74, 6) is 0.0755. The molecule has 31 heavy (non-hydrogen) atoms. The van der Waals surface area contributed by atoms with E-state index in [1.807, 2.05) is 0 Å². The molecule has 0 spiro atoms. The minimum absolute atomic E-state index is 0.0755. The zero-order chi connectivity index (χ0) is 23.3. The molecule has 0 unspecified atom stereocenters. The first-order valence-electron chi connectivity index (χ1n) is 13.8. The molecule has 0 aromatic rings. The third kappa shape index (κ3) is 16.6. The molecule has 0 amide bonds. The second-order valence-electron chi connectivity index (χ2n) is 9.97. The van der Waals surface area contributed by atoms with Crippen LogP contribution in [0.4, 0.5) is 0 Å². The molecule has 0 bridgehead atoms. The van der Waals surface area contributed by atoms with Gasteiger partial charge >= 0.3 is 204 Å². The van der Waals surface area contributed by atoms with Gasteiger partial charge in [0.15, 0.2) is 0 Å². The number of halogens is 1. The predicted molar refractivity (Wildman–Crippen MR) is 147 cm³/mol. The Balaban J connectivity index is 5.07. The van der Waals surface area contributed by atoms with Crippen LogP contribution < -0.4 is 0 Å². The molecule has 0 aromatic carbocycles. The van der Waals surface area contributed by atoms with E-state index in [0.717, 1.165) is 6.42 Å². The van der Waals surface area contributed by atoms with Gasteiger partial charge in [-0.2, -0.15) is 0 Å². The second kappa shape index (κ2) is 19.8. The second-order valence-corrected chi connectivity index (χ2v) is 21.3. The van der Waals surface area contributed by atoms with E-state index in [2.05, 4.69) is 43.2 Å². The Hall–Kier alpha value is 0.380. The number of esters is 1. The molecular weight excluding hydrogens is 467 g/mol. The monoisotopic (exact) mass is 522 g/mol. The Morgan fingerprint density at radius 1 is 0.581 bits per heavy atom. The number of hydrogen-bond donors (Lipinski definition) is 0. The van der Waals surface area contributed by atoms with E-state index in [1.165, 1.54) is 121 Å². The van der Waals surface area contributed by atoms with Crippen molar-refractivity contribution >= 4 is 26.8 Å². The Kier molecular flexibility index (Phi) is 20.1. The normalized spacial score (nSPS) is 13.1. The van der Waals surface area contributed by atoms with Gasteiger partial charge in [0.2, 0.25) is 0 Å². The number of carbonyl (C=O) groups excluding carboxylic acids is 1. The molecule has 188 valence electrons. The van der Waals surface area contributed by atoms with Crippen molar-refractivity contribution in [1.29, 1.82) is 0 Å². The summed E-state index contributed by atoms with van der Waals surface area (Å²) in [5.41, 5.74) is 0. The minimum atomic E-state index is -2.25. The summed E-state index contributed by atoms with van der Waals surface area (Å²) < 4.78 is 5.79. The van der Waals surface area contributed by atoms with Crippen molar-refractivity contribution in [2.45, 2.75) is 137 Å². The molecule has 0 aliphatic carbocycles. The van der Waals surface area contributed by atoms with Crippen LogP contribution in [0.25, 0.3) is 0 Å². The molecular formula is C27H56BrO2P. The fraction of sp³-hybridized carbons (Fsp3) is 0.963. The molecule has 0 aromatic heterocycles. The zero-order valence-corrected chi connectivity index (χ0v) is 24.2. The third-order valence-electron chi connectivity index (χ3n) is 6.75. The van der Waals surface area contributed by atoms with Gasteiger partial charge in [-0.05, 0) is 0 Å². The van der Waals surface area contributed by atoms with Gasteiger partial charge < -0.3 is 0 Å². The average molecular weight is 524 g/mol. The first kappa shape index (κ1) is 31.4. The van der Waals surface area contributed by atoms with Gasteiger partial charge in [0.25, 0.3) is 0 Å². The summed E-state index contributed by atoms with van der Waals surface area (Å²) in [6, 6.07) is 0. The number of unbranched alkanes of at least 4 members (excludes halogenated alkanes) is 13. The van der Waals surface area contributed by atoms with E-state index in [0.29, 0.717) is 12.8 Å². The van der Waals surface area contributed by atoms with E-state index in [1.54, 1.807) is 0 Å². The number of hydrogen-bond acceptors (Lipinski definition) is 2. The Morgan fingerprint density at radius 2 is 0.935 bits per heavy atom. The standard InChI is InChI=1S/C27H56BrO2P/c1-5-9-13-17-18-22-30-27(29)26-31(28,23-19-14-10-6-2,24-20-15-11-7-3)25-21-16-12-8-4/h5-26H2,1-4H3. The van der Waals surface area contributed by atoms with Crippen LogP contribution >= 0.6 is 20.8 Å². The summed E-state index contributed by atoms with van der Waals surface area (Å²) in [6.45, 7) is 9.69. The number of rotatable bonds is 23. The molecule has 2 nitrogen and oxygen atoms in total.